The molecule has 2 amide bonds. The van der Waals surface area contributed by atoms with Gasteiger partial charge in [0.05, 0.1) is 5.92 Å². The molecule has 3 fully saturated rings. The smallest absolute Gasteiger partial charge is 0.475 e. The van der Waals surface area contributed by atoms with Gasteiger partial charge in [-0.05, 0) is 44.5 Å². The van der Waals surface area contributed by atoms with E-state index in [9.17, 15) is 22.8 Å². The SMILES string of the molecule is Cc1ccccc1C(=O)N1C[C@H]2CN(CCN3CCCC3)C(=O)[C@H]2C1.O=C(O)C(F)(F)F. The summed E-state index contributed by atoms with van der Waals surface area (Å²) in [5.41, 5.74) is 1.77. The van der Waals surface area contributed by atoms with E-state index in [0.29, 0.717) is 19.0 Å². The number of nitrogens with zero attached hydrogens (tertiary/aromatic N) is 3. The van der Waals surface area contributed by atoms with Gasteiger partial charge in [0.25, 0.3) is 5.91 Å². The van der Waals surface area contributed by atoms with Crippen LogP contribution in [0.25, 0.3) is 0 Å². The van der Waals surface area contributed by atoms with Crippen LogP contribution in [0.1, 0.15) is 28.8 Å². The van der Waals surface area contributed by atoms with Crippen molar-refractivity contribution >= 4 is 17.8 Å². The maximum Gasteiger partial charge on any atom is 0.490 e. The lowest BCUT2D eigenvalue weighted by Gasteiger charge is -2.24. The Morgan fingerprint density at radius 3 is 2.25 bits per heavy atom. The number of hydrogen-bond donors (Lipinski definition) is 1. The van der Waals surface area contributed by atoms with Gasteiger partial charge < -0.3 is 19.8 Å². The van der Waals surface area contributed by atoms with Crippen LogP contribution >= 0.6 is 0 Å². The van der Waals surface area contributed by atoms with Crippen LogP contribution in [0, 0.1) is 18.8 Å². The van der Waals surface area contributed by atoms with Crippen molar-refractivity contribution in [2.24, 2.45) is 11.8 Å². The fraction of sp³-hybridized carbons (Fsp3) is 0.591. The molecule has 32 heavy (non-hydrogen) atoms. The molecular formula is C22H28F3N3O4. The number of rotatable bonds is 4. The average molecular weight is 455 g/mol. The maximum absolute atomic E-state index is 12.8. The molecule has 2 atom stereocenters. The Labute approximate surface area is 184 Å². The van der Waals surface area contributed by atoms with Crippen LogP contribution in [0.15, 0.2) is 24.3 Å². The molecule has 0 unspecified atom stereocenters. The summed E-state index contributed by atoms with van der Waals surface area (Å²) in [7, 11) is 0. The third-order valence-electron chi connectivity index (χ3n) is 6.31. The summed E-state index contributed by atoms with van der Waals surface area (Å²) in [6, 6.07) is 7.71. The Balaban J connectivity index is 0.000000360. The third kappa shape index (κ3) is 5.59. The molecule has 7 nitrogen and oxygen atoms in total. The normalized spacial score (nSPS) is 23.2. The second-order valence-electron chi connectivity index (χ2n) is 8.53. The molecule has 10 heteroatoms. The fourth-order valence-electron chi connectivity index (χ4n) is 4.56. The Morgan fingerprint density at radius 2 is 1.69 bits per heavy atom. The first kappa shape index (κ1) is 24.0. The summed E-state index contributed by atoms with van der Waals surface area (Å²) in [6.45, 7) is 8.26. The minimum atomic E-state index is -5.08. The zero-order valence-corrected chi connectivity index (χ0v) is 18.0. The predicted octanol–water partition coefficient (Wildman–Crippen LogP) is 2.25. The molecule has 4 rings (SSSR count). The lowest BCUT2D eigenvalue weighted by atomic mass is 10.0. The zero-order valence-electron chi connectivity index (χ0n) is 18.0. The number of hydrogen-bond acceptors (Lipinski definition) is 4. The number of carboxylic acid groups (broad SMARTS) is 1. The van der Waals surface area contributed by atoms with E-state index in [0.717, 1.165) is 30.8 Å². The van der Waals surface area contributed by atoms with Gasteiger partial charge in [-0.3, -0.25) is 9.59 Å². The van der Waals surface area contributed by atoms with E-state index in [-0.39, 0.29) is 17.7 Å². The van der Waals surface area contributed by atoms with Gasteiger partial charge in [0.1, 0.15) is 0 Å². The molecule has 0 bridgehead atoms. The molecule has 0 radical (unpaired) electrons. The van der Waals surface area contributed by atoms with E-state index in [2.05, 4.69) is 4.90 Å². The van der Waals surface area contributed by atoms with Crippen LogP contribution in [0.2, 0.25) is 0 Å². The van der Waals surface area contributed by atoms with E-state index in [1.54, 1.807) is 0 Å². The van der Waals surface area contributed by atoms with E-state index < -0.39 is 12.1 Å². The summed E-state index contributed by atoms with van der Waals surface area (Å²) in [5.74, 6) is -2.12. The van der Waals surface area contributed by atoms with Crippen LogP contribution in [-0.2, 0) is 9.59 Å². The van der Waals surface area contributed by atoms with Crippen molar-refractivity contribution in [3.8, 4) is 0 Å². The number of aliphatic carboxylic acids is 1. The molecule has 3 heterocycles. The summed E-state index contributed by atoms with van der Waals surface area (Å²) < 4.78 is 31.7. The molecule has 3 aliphatic rings. The largest absolute Gasteiger partial charge is 0.490 e. The molecule has 0 aliphatic carbocycles. The van der Waals surface area contributed by atoms with Gasteiger partial charge >= 0.3 is 12.1 Å². The molecular weight excluding hydrogens is 427 g/mol. The zero-order chi connectivity index (χ0) is 23.5. The number of carbonyl (C=O) groups is 3. The van der Waals surface area contributed by atoms with Crippen LogP contribution in [0.4, 0.5) is 13.2 Å². The van der Waals surface area contributed by atoms with Crippen LogP contribution in [-0.4, -0.2) is 89.6 Å². The molecule has 3 aliphatic heterocycles. The average Bonchev–Trinajstić information content (AvgIpc) is 3.45. The quantitative estimate of drug-likeness (QED) is 0.753. The van der Waals surface area contributed by atoms with Crippen molar-refractivity contribution in [1.29, 1.82) is 0 Å². The third-order valence-corrected chi connectivity index (χ3v) is 6.31. The molecule has 1 aromatic rings. The lowest BCUT2D eigenvalue weighted by Crippen LogP contribution is -2.39. The number of fused-ring (bicyclic) bond motifs is 1. The number of likely N-dealkylation sites (tertiary alicyclic amines) is 3. The molecule has 3 saturated heterocycles. The van der Waals surface area contributed by atoms with Gasteiger partial charge in [-0.25, -0.2) is 4.79 Å². The Morgan fingerprint density at radius 1 is 1.06 bits per heavy atom. The minimum Gasteiger partial charge on any atom is -0.475 e. The number of amides is 2. The van der Waals surface area contributed by atoms with Crippen LogP contribution < -0.4 is 0 Å². The summed E-state index contributed by atoms with van der Waals surface area (Å²) in [4.78, 5) is 40.8. The van der Waals surface area contributed by atoms with Crippen molar-refractivity contribution in [3.63, 3.8) is 0 Å². The summed E-state index contributed by atoms with van der Waals surface area (Å²) in [5, 5.41) is 7.12. The van der Waals surface area contributed by atoms with Crippen LogP contribution in [0.3, 0.4) is 0 Å². The minimum absolute atomic E-state index is 0.00606. The van der Waals surface area contributed by atoms with E-state index in [1.807, 2.05) is 41.0 Å². The van der Waals surface area contributed by atoms with Crippen LogP contribution in [0.5, 0.6) is 0 Å². The Hall–Kier alpha value is -2.62. The fourth-order valence-corrected chi connectivity index (χ4v) is 4.56. The Bertz CT molecular complexity index is 855. The lowest BCUT2D eigenvalue weighted by molar-refractivity contribution is -0.192. The first-order valence-electron chi connectivity index (χ1n) is 10.7. The predicted molar refractivity (Wildman–Crippen MR) is 110 cm³/mol. The van der Waals surface area contributed by atoms with Gasteiger partial charge in [0.15, 0.2) is 0 Å². The van der Waals surface area contributed by atoms with Crippen molar-refractivity contribution in [3.05, 3.63) is 35.4 Å². The van der Waals surface area contributed by atoms with Gasteiger partial charge in [-0.1, -0.05) is 18.2 Å². The second-order valence-corrected chi connectivity index (χ2v) is 8.53. The number of alkyl halides is 3. The molecule has 176 valence electrons. The van der Waals surface area contributed by atoms with Crippen molar-refractivity contribution in [2.45, 2.75) is 25.9 Å². The number of halogens is 3. The highest BCUT2D eigenvalue weighted by Crippen LogP contribution is 2.33. The maximum atomic E-state index is 12.8. The van der Waals surface area contributed by atoms with E-state index in [4.69, 9.17) is 9.90 Å². The highest BCUT2D eigenvalue weighted by molar-refractivity contribution is 5.96. The van der Waals surface area contributed by atoms with Gasteiger partial charge in [-0.15, -0.1) is 0 Å². The van der Waals surface area contributed by atoms with E-state index >= 15 is 0 Å². The van der Waals surface area contributed by atoms with Gasteiger partial charge in [0.2, 0.25) is 5.91 Å². The van der Waals surface area contributed by atoms with Crippen molar-refractivity contribution < 1.29 is 32.7 Å². The van der Waals surface area contributed by atoms with Gasteiger partial charge in [0, 0.05) is 44.2 Å². The van der Waals surface area contributed by atoms with Crippen molar-refractivity contribution in [2.75, 3.05) is 45.8 Å². The monoisotopic (exact) mass is 455 g/mol. The summed E-state index contributed by atoms with van der Waals surface area (Å²) in [6.07, 6.45) is -2.51. The standard InChI is InChI=1S/C20H27N3O2.C2HF3O2/c1-15-6-2-3-7-17(15)19(24)23-13-16-12-22(20(25)18(16)14-23)11-10-21-8-4-5-9-21;3-2(4,5)1(6)7/h2-3,6-7,16,18H,4-5,8-14H2,1H3;(H,6,7)/t16-,18+;/m1./s1. The highest BCUT2D eigenvalue weighted by Gasteiger charge is 2.47. The number of carboxylic acids is 1. The summed E-state index contributed by atoms with van der Waals surface area (Å²) >= 11 is 0. The number of carbonyl (C=O) groups excluding carboxylic acids is 2. The molecule has 1 N–H and O–H groups in total. The molecule has 0 aromatic heterocycles. The second kappa shape index (κ2) is 9.89. The number of benzene rings is 1. The molecule has 1 aromatic carbocycles. The molecule has 0 spiro atoms. The topological polar surface area (TPSA) is 81.2 Å². The molecule has 0 saturated carbocycles. The Kier molecular flexibility index (Phi) is 7.43. The van der Waals surface area contributed by atoms with Gasteiger partial charge in [-0.2, -0.15) is 13.2 Å². The van der Waals surface area contributed by atoms with E-state index in [1.165, 1.54) is 25.9 Å². The number of aryl methyl sites for hydroxylation is 1. The first-order valence-corrected chi connectivity index (χ1v) is 10.7. The van der Waals surface area contributed by atoms with Crippen molar-refractivity contribution in [1.82, 2.24) is 14.7 Å². The highest BCUT2D eigenvalue weighted by atomic mass is 19.4. The first-order chi connectivity index (χ1) is 15.1.